The molecule has 2 N–H and O–H groups in total. The van der Waals surface area contributed by atoms with Crippen molar-refractivity contribution in [2.24, 2.45) is 0 Å². The topological polar surface area (TPSA) is 80.6 Å². The van der Waals surface area contributed by atoms with Crippen LogP contribution in [0.25, 0.3) is 11.0 Å². The Morgan fingerprint density at radius 1 is 1.15 bits per heavy atom. The number of carbonyl (C=O) groups excluding carboxylic acids is 1. The van der Waals surface area contributed by atoms with Gasteiger partial charge in [0, 0.05) is 22.5 Å². The fraction of sp³-hybridized carbons (Fsp3) is 0.158. The summed E-state index contributed by atoms with van der Waals surface area (Å²) in [5.74, 6) is 0.0886. The minimum atomic E-state index is -0.618. The molecule has 3 rings (SSSR count). The summed E-state index contributed by atoms with van der Waals surface area (Å²) in [6.07, 6.45) is -0.0208. The third kappa shape index (κ3) is 4.15. The molecule has 0 unspecified atom stereocenters. The summed E-state index contributed by atoms with van der Waals surface area (Å²) in [6, 6.07) is 13.0. The molecule has 134 valence electrons. The van der Waals surface area contributed by atoms with Crippen molar-refractivity contribution in [3.05, 3.63) is 69.5 Å². The van der Waals surface area contributed by atoms with Gasteiger partial charge in [0.1, 0.15) is 11.3 Å². The summed E-state index contributed by atoms with van der Waals surface area (Å²) in [5, 5.41) is 1.04. The molecule has 1 heterocycles. The second kappa shape index (κ2) is 7.49. The zero-order chi connectivity index (χ0) is 18.7. The Morgan fingerprint density at radius 3 is 2.69 bits per heavy atom. The van der Waals surface area contributed by atoms with E-state index in [4.69, 9.17) is 20.8 Å². The van der Waals surface area contributed by atoms with Gasteiger partial charge in [-0.05, 0) is 44.2 Å². The maximum atomic E-state index is 12.5. The van der Waals surface area contributed by atoms with Gasteiger partial charge in [-0.1, -0.05) is 17.7 Å². The van der Waals surface area contributed by atoms with E-state index in [9.17, 15) is 9.59 Å². The van der Waals surface area contributed by atoms with Crippen molar-refractivity contribution in [1.29, 1.82) is 0 Å². The van der Waals surface area contributed by atoms with Gasteiger partial charge in [-0.25, -0.2) is 4.79 Å². The highest BCUT2D eigenvalue weighted by atomic mass is 35.5. The van der Waals surface area contributed by atoms with E-state index in [0.717, 1.165) is 6.07 Å². The number of anilines is 1. The molecule has 1 amide bonds. The zero-order valence-corrected chi connectivity index (χ0v) is 15.0. The van der Waals surface area contributed by atoms with Crippen LogP contribution in [0.2, 0.25) is 5.02 Å². The molecule has 0 bridgehead atoms. The number of amides is 1. The number of hydrogen-bond donors (Lipinski definition) is 2. The highest BCUT2D eigenvalue weighted by Crippen LogP contribution is 2.23. The number of ether oxygens (including phenoxy) is 1. The number of rotatable bonds is 5. The van der Waals surface area contributed by atoms with Gasteiger partial charge < -0.3 is 9.15 Å². The number of hydrogen-bond acceptors (Lipinski definition) is 5. The van der Waals surface area contributed by atoms with Crippen LogP contribution in [0.3, 0.4) is 0 Å². The Morgan fingerprint density at radius 2 is 1.96 bits per heavy atom. The van der Waals surface area contributed by atoms with Crippen LogP contribution in [0.5, 0.6) is 5.75 Å². The molecular formula is C19H17ClN2O4. The highest BCUT2D eigenvalue weighted by Gasteiger charge is 2.14. The van der Waals surface area contributed by atoms with E-state index in [1.54, 1.807) is 42.5 Å². The third-order valence-corrected chi connectivity index (χ3v) is 3.71. The number of fused-ring (bicyclic) bond motifs is 1. The zero-order valence-electron chi connectivity index (χ0n) is 14.2. The molecular weight excluding hydrogens is 356 g/mol. The second-order valence-corrected chi connectivity index (χ2v) is 6.33. The smallest absolute Gasteiger partial charge is 0.337 e. The van der Waals surface area contributed by atoms with Crippen LogP contribution in [-0.4, -0.2) is 12.0 Å². The van der Waals surface area contributed by atoms with Crippen LogP contribution >= 0.6 is 11.6 Å². The lowest BCUT2D eigenvalue weighted by Gasteiger charge is -2.12. The molecule has 6 nitrogen and oxygen atoms in total. The predicted molar refractivity (Wildman–Crippen MR) is 101 cm³/mol. The Hall–Kier alpha value is -2.99. The quantitative estimate of drug-likeness (QED) is 0.523. The molecule has 2 aromatic carbocycles. The molecule has 0 spiro atoms. The summed E-state index contributed by atoms with van der Waals surface area (Å²) >= 11 is 5.91. The average molecular weight is 373 g/mol. The van der Waals surface area contributed by atoms with Crippen molar-refractivity contribution in [2.45, 2.75) is 20.0 Å². The Bertz CT molecular complexity index is 1010. The monoisotopic (exact) mass is 372 g/mol. The van der Waals surface area contributed by atoms with Gasteiger partial charge in [0.2, 0.25) is 0 Å². The lowest BCUT2D eigenvalue weighted by atomic mass is 10.1. The van der Waals surface area contributed by atoms with Crippen LogP contribution in [0.15, 0.2) is 57.7 Å². The van der Waals surface area contributed by atoms with Crippen molar-refractivity contribution in [3.63, 3.8) is 0 Å². The molecule has 0 radical (unpaired) electrons. The summed E-state index contributed by atoms with van der Waals surface area (Å²) in [6.45, 7) is 3.79. The lowest BCUT2D eigenvalue weighted by molar-refractivity contribution is 0.0963. The molecule has 0 fully saturated rings. The van der Waals surface area contributed by atoms with Gasteiger partial charge in [-0.15, -0.1) is 0 Å². The molecule has 0 aliphatic rings. The van der Waals surface area contributed by atoms with Crippen molar-refractivity contribution in [1.82, 2.24) is 5.43 Å². The van der Waals surface area contributed by atoms with Gasteiger partial charge in [-0.3, -0.25) is 15.6 Å². The van der Waals surface area contributed by atoms with E-state index in [-0.39, 0.29) is 17.3 Å². The van der Waals surface area contributed by atoms with Crippen molar-refractivity contribution in [3.8, 4) is 5.75 Å². The molecule has 0 atom stereocenters. The number of hydrazine groups is 1. The fourth-order valence-electron chi connectivity index (χ4n) is 2.44. The van der Waals surface area contributed by atoms with Crippen molar-refractivity contribution >= 4 is 34.2 Å². The molecule has 0 aliphatic carbocycles. The Balaban J connectivity index is 1.88. The van der Waals surface area contributed by atoms with E-state index >= 15 is 0 Å². The molecule has 0 aliphatic heterocycles. The van der Waals surface area contributed by atoms with E-state index in [1.165, 1.54) is 0 Å². The van der Waals surface area contributed by atoms with Crippen LogP contribution in [-0.2, 0) is 0 Å². The normalized spacial score (nSPS) is 10.8. The molecule has 0 saturated carbocycles. The maximum Gasteiger partial charge on any atom is 0.337 e. The van der Waals surface area contributed by atoms with Gasteiger partial charge in [-0.2, -0.15) is 0 Å². The van der Waals surface area contributed by atoms with Gasteiger partial charge in [0.15, 0.2) is 0 Å². The Kier molecular flexibility index (Phi) is 5.14. The van der Waals surface area contributed by atoms with Crippen molar-refractivity contribution < 1.29 is 13.9 Å². The molecule has 7 heteroatoms. The first kappa shape index (κ1) is 17.8. The van der Waals surface area contributed by atoms with Gasteiger partial charge >= 0.3 is 5.63 Å². The lowest BCUT2D eigenvalue weighted by Crippen LogP contribution is -2.30. The molecule has 3 aromatic rings. The van der Waals surface area contributed by atoms with Gasteiger partial charge in [0.05, 0.1) is 17.4 Å². The second-order valence-electron chi connectivity index (χ2n) is 5.89. The molecule has 26 heavy (non-hydrogen) atoms. The largest absolute Gasteiger partial charge is 0.491 e. The number of benzene rings is 2. The first-order valence-electron chi connectivity index (χ1n) is 7.99. The number of carbonyl (C=O) groups is 1. The minimum Gasteiger partial charge on any atom is -0.491 e. The van der Waals surface area contributed by atoms with Crippen LogP contribution < -0.4 is 21.2 Å². The van der Waals surface area contributed by atoms with E-state index < -0.39 is 11.5 Å². The summed E-state index contributed by atoms with van der Waals surface area (Å²) in [5.41, 5.74) is 5.79. The summed E-state index contributed by atoms with van der Waals surface area (Å²) in [7, 11) is 0. The van der Waals surface area contributed by atoms with Crippen molar-refractivity contribution in [2.75, 3.05) is 5.43 Å². The highest BCUT2D eigenvalue weighted by molar-refractivity contribution is 6.30. The maximum absolute atomic E-state index is 12.5. The SMILES string of the molecule is CC(C)Oc1ccc2c(C(=O)NNc3cccc(Cl)c3)cc(=O)oc2c1. The van der Waals surface area contributed by atoms with E-state index in [0.29, 0.717) is 21.8 Å². The van der Waals surface area contributed by atoms with Crippen LogP contribution in [0.1, 0.15) is 24.2 Å². The van der Waals surface area contributed by atoms with Crippen LogP contribution in [0.4, 0.5) is 5.69 Å². The Labute approximate surface area is 154 Å². The fourth-order valence-corrected chi connectivity index (χ4v) is 2.63. The predicted octanol–water partition coefficient (Wildman–Crippen LogP) is 3.99. The van der Waals surface area contributed by atoms with E-state index in [2.05, 4.69) is 10.9 Å². The number of nitrogens with one attached hydrogen (secondary N) is 2. The first-order chi connectivity index (χ1) is 12.4. The number of halogens is 1. The molecule has 1 aromatic heterocycles. The standard InChI is InChI=1S/C19H17ClN2O4/c1-11(2)25-14-6-7-15-16(10-18(23)26-17(15)9-14)19(24)22-21-13-5-3-4-12(20)8-13/h3-11,21H,1-2H3,(H,22,24). The van der Waals surface area contributed by atoms with Gasteiger partial charge in [0.25, 0.3) is 5.91 Å². The average Bonchev–Trinajstić information content (AvgIpc) is 2.58. The first-order valence-corrected chi connectivity index (χ1v) is 8.36. The van der Waals surface area contributed by atoms with Crippen LogP contribution in [0, 0.1) is 0 Å². The van der Waals surface area contributed by atoms with E-state index in [1.807, 2.05) is 13.8 Å². The summed E-state index contributed by atoms with van der Waals surface area (Å²) < 4.78 is 10.8. The minimum absolute atomic E-state index is 0.0208. The molecule has 0 saturated heterocycles. The third-order valence-electron chi connectivity index (χ3n) is 3.48. The summed E-state index contributed by atoms with van der Waals surface area (Å²) in [4.78, 5) is 24.3.